The van der Waals surface area contributed by atoms with Crippen molar-refractivity contribution in [1.29, 1.82) is 5.41 Å². The van der Waals surface area contributed by atoms with Gasteiger partial charge in [0.2, 0.25) is 0 Å². The molecule has 0 spiro atoms. The van der Waals surface area contributed by atoms with Crippen molar-refractivity contribution in [1.82, 2.24) is 10.6 Å². The largest absolute Gasteiger partial charge is 0.444 e. The summed E-state index contributed by atoms with van der Waals surface area (Å²) in [6.45, 7) is 6.90. The van der Waals surface area contributed by atoms with Gasteiger partial charge in [-0.2, -0.15) is 0 Å². The van der Waals surface area contributed by atoms with Crippen molar-refractivity contribution in [2.75, 3.05) is 13.1 Å². The zero-order valence-corrected chi connectivity index (χ0v) is 8.81. The number of alkyl carbamates (subject to hydrolysis) is 1. The summed E-state index contributed by atoms with van der Waals surface area (Å²) in [7, 11) is 0. The molecule has 0 aromatic heterocycles. The van der Waals surface area contributed by atoms with Crippen LogP contribution < -0.4 is 10.6 Å². The van der Waals surface area contributed by atoms with Gasteiger partial charge in [-0.15, -0.1) is 0 Å². The van der Waals surface area contributed by atoms with Crippen molar-refractivity contribution in [2.24, 2.45) is 5.92 Å². The van der Waals surface area contributed by atoms with Gasteiger partial charge in [0.25, 0.3) is 0 Å². The predicted octanol–water partition coefficient (Wildman–Crippen LogP) is 0.708. The smallest absolute Gasteiger partial charge is 0.413 e. The van der Waals surface area contributed by atoms with Gasteiger partial charge in [-0.1, -0.05) is 0 Å². The maximum atomic E-state index is 11.2. The third-order valence-corrected chi connectivity index (χ3v) is 1.83. The van der Waals surface area contributed by atoms with Gasteiger partial charge >= 0.3 is 6.09 Å². The molecule has 1 amide bonds. The van der Waals surface area contributed by atoms with E-state index in [0.29, 0.717) is 0 Å². The van der Waals surface area contributed by atoms with Crippen molar-refractivity contribution < 1.29 is 9.53 Å². The number of hydrogen-bond donors (Lipinski definition) is 3. The second-order valence-corrected chi connectivity index (χ2v) is 4.40. The standard InChI is InChI=1S/C9H17N3O2/c1-9(2,3)14-8(13)12-7(10)6-4-11-5-6/h6,11H,4-5H2,1-3H3,(H2,10,12,13). The molecule has 0 saturated carbocycles. The number of carbonyl (C=O) groups excluding carboxylic acids is 1. The Kier molecular flexibility index (Phi) is 3.10. The average Bonchev–Trinajstić information content (AvgIpc) is 1.75. The minimum Gasteiger partial charge on any atom is -0.444 e. The lowest BCUT2D eigenvalue weighted by molar-refractivity contribution is 0.0559. The molecule has 0 atom stereocenters. The first kappa shape index (κ1) is 11.0. The Morgan fingerprint density at radius 3 is 2.43 bits per heavy atom. The van der Waals surface area contributed by atoms with E-state index in [9.17, 15) is 4.79 Å². The number of hydrogen-bond acceptors (Lipinski definition) is 4. The van der Waals surface area contributed by atoms with Crippen LogP contribution in [0.3, 0.4) is 0 Å². The second-order valence-electron chi connectivity index (χ2n) is 4.40. The maximum absolute atomic E-state index is 11.2. The summed E-state index contributed by atoms with van der Waals surface area (Å²) in [6.07, 6.45) is -0.547. The number of carbonyl (C=O) groups is 1. The van der Waals surface area contributed by atoms with E-state index < -0.39 is 11.7 Å². The van der Waals surface area contributed by atoms with Crippen LogP contribution in [0.1, 0.15) is 20.8 Å². The number of nitrogens with one attached hydrogen (secondary N) is 3. The van der Waals surface area contributed by atoms with E-state index in [1.54, 1.807) is 20.8 Å². The first-order valence-electron chi connectivity index (χ1n) is 4.67. The maximum Gasteiger partial charge on any atom is 0.413 e. The molecular formula is C9H17N3O2. The van der Waals surface area contributed by atoms with Crippen molar-refractivity contribution in [3.05, 3.63) is 0 Å². The second kappa shape index (κ2) is 3.96. The first-order chi connectivity index (χ1) is 6.38. The van der Waals surface area contributed by atoms with Crippen LogP contribution in [0.25, 0.3) is 0 Å². The Balaban J connectivity index is 2.29. The van der Waals surface area contributed by atoms with Crippen LogP contribution >= 0.6 is 0 Å². The van der Waals surface area contributed by atoms with Gasteiger partial charge < -0.3 is 10.1 Å². The summed E-state index contributed by atoms with van der Waals surface area (Å²) in [5.74, 6) is 0.362. The molecule has 1 heterocycles. The lowest BCUT2D eigenvalue weighted by atomic mass is 10.0. The monoisotopic (exact) mass is 199 g/mol. The molecule has 14 heavy (non-hydrogen) atoms. The molecule has 0 bridgehead atoms. The number of ether oxygens (including phenoxy) is 1. The van der Waals surface area contributed by atoms with Gasteiger partial charge in [-0.05, 0) is 20.8 Å². The van der Waals surface area contributed by atoms with Crippen molar-refractivity contribution >= 4 is 11.9 Å². The van der Waals surface area contributed by atoms with Crippen molar-refractivity contribution in [3.8, 4) is 0 Å². The topological polar surface area (TPSA) is 74.2 Å². The molecule has 0 aliphatic carbocycles. The van der Waals surface area contributed by atoms with E-state index in [-0.39, 0.29) is 11.8 Å². The highest BCUT2D eigenvalue weighted by atomic mass is 16.6. The molecule has 80 valence electrons. The van der Waals surface area contributed by atoms with E-state index in [1.807, 2.05) is 0 Å². The third kappa shape index (κ3) is 3.33. The summed E-state index contributed by atoms with van der Waals surface area (Å²) in [5, 5.41) is 13.0. The fourth-order valence-electron chi connectivity index (χ4n) is 1.01. The zero-order chi connectivity index (χ0) is 10.8. The molecule has 0 aromatic rings. The molecule has 0 radical (unpaired) electrons. The lowest BCUT2D eigenvalue weighted by Gasteiger charge is -2.28. The minimum absolute atomic E-state index is 0.127. The van der Waals surface area contributed by atoms with Crippen LogP contribution in [0.5, 0.6) is 0 Å². The Labute approximate surface area is 83.7 Å². The third-order valence-electron chi connectivity index (χ3n) is 1.83. The number of rotatable bonds is 1. The highest BCUT2D eigenvalue weighted by Gasteiger charge is 2.24. The SMILES string of the molecule is CC(C)(C)OC(=O)NC(=N)C1CNC1. The van der Waals surface area contributed by atoms with Crippen LogP contribution in [-0.4, -0.2) is 30.6 Å². The Morgan fingerprint density at radius 1 is 1.50 bits per heavy atom. The average molecular weight is 199 g/mol. The fourth-order valence-corrected chi connectivity index (χ4v) is 1.01. The summed E-state index contributed by atoms with van der Waals surface area (Å²) in [5.41, 5.74) is -0.512. The molecule has 3 N–H and O–H groups in total. The molecule has 1 fully saturated rings. The van der Waals surface area contributed by atoms with E-state index in [1.165, 1.54) is 0 Å². The van der Waals surface area contributed by atoms with Gasteiger partial charge in [0, 0.05) is 19.0 Å². The Morgan fingerprint density at radius 2 is 2.07 bits per heavy atom. The van der Waals surface area contributed by atoms with Crippen LogP contribution in [0.2, 0.25) is 0 Å². The van der Waals surface area contributed by atoms with E-state index in [0.717, 1.165) is 13.1 Å². The molecule has 5 heteroatoms. The van der Waals surface area contributed by atoms with Gasteiger partial charge in [0.15, 0.2) is 0 Å². The first-order valence-corrected chi connectivity index (χ1v) is 4.67. The van der Waals surface area contributed by atoms with Crippen LogP contribution in [-0.2, 0) is 4.74 Å². The minimum atomic E-state index is -0.547. The molecular weight excluding hydrogens is 182 g/mol. The molecule has 5 nitrogen and oxygen atoms in total. The molecule has 0 aromatic carbocycles. The van der Waals surface area contributed by atoms with E-state index in [4.69, 9.17) is 10.1 Å². The van der Waals surface area contributed by atoms with Crippen LogP contribution in [0.15, 0.2) is 0 Å². The highest BCUT2D eigenvalue weighted by molar-refractivity contribution is 5.95. The quantitative estimate of drug-likeness (QED) is 0.430. The van der Waals surface area contributed by atoms with Gasteiger partial charge in [-0.25, -0.2) is 4.79 Å². The highest BCUT2D eigenvalue weighted by Crippen LogP contribution is 2.07. The molecule has 0 unspecified atom stereocenters. The summed E-state index contributed by atoms with van der Waals surface area (Å²) in [4.78, 5) is 11.2. The normalized spacial score (nSPS) is 17.1. The molecule has 1 aliphatic rings. The summed E-state index contributed by atoms with van der Waals surface area (Å²) in [6, 6.07) is 0. The van der Waals surface area contributed by atoms with Gasteiger partial charge in [0.05, 0.1) is 0 Å². The van der Waals surface area contributed by atoms with E-state index >= 15 is 0 Å². The Bertz CT molecular complexity index is 241. The van der Waals surface area contributed by atoms with Crippen LogP contribution in [0, 0.1) is 11.3 Å². The number of amidine groups is 1. The number of amides is 1. The molecule has 1 aliphatic heterocycles. The van der Waals surface area contributed by atoms with E-state index in [2.05, 4.69) is 10.6 Å². The lowest BCUT2D eigenvalue weighted by Crippen LogP contribution is -2.52. The van der Waals surface area contributed by atoms with Gasteiger partial charge in [0.1, 0.15) is 11.4 Å². The fraction of sp³-hybridized carbons (Fsp3) is 0.778. The predicted molar refractivity (Wildman–Crippen MR) is 53.5 cm³/mol. The molecule has 1 rings (SSSR count). The van der Waals surface area contributed by atoms with Gasteiger partial charge in [-0.3, -0.25) is 10.7 Å². The molecule has 1 saturated heterocycles. The zero-order valence-electron chi connectivity index (χ0n) is 8.81. The Hall–Kier alpha value is -1.10. The van der Waals surface area contributed by atoms with Crippen LogP contribution in [0.4, 0.5) is 4.79 Å². The van der Waals surface area contributed by atoms with Crippen molar-refractivity contribution in [3.63, 3.8) is 0 Å². The summed E-state index contributed by atoms with van der Waals surface area (Å²) >= 11 is 0. The summed E-state index contributed by atoms with van der Waals surface area (Å²) < 4.78 is 5.02. The van der Waals surface area contributed by atoms with Crippen molar-refractivity contribution in [2.45, 2.75) is 26.4 Å².